The molecule has 6 unspecified atom stereocenters. The van der Waals surface area contributed by atoms with Gasteiger partial charge in [0.1, 0.15) is 0 Å². The monoisotopic (exact) mass is 316 g/mol. The Morgan fingerprint density at radius 1 is 1.04 bits per heavy atom. The van der Waals surface area contributed by atoms with E-state index >= 15 is 0 Å². The largest absolute Gasteiger partial charge is 0.381 e. The van der Waals surface area contributed by atoms with E-state index in [0.717, 1.165) is 32.1 Å². The van der Waals surface area contributed by atoms with E-state index in [1.807, 2.05) is 7.11 Å². The minimum absolute atomic E-state index is 0.0797. The normalized spacial score (nSPS) is 49.3. The van der Waals surface area contributed by atoms with E-state index < -0.39 is 0 Å². The highest BCUT2D eigenvalue weighted by Crippen LogP contribution is 2.63. The molecule has 0 aromatic rings. The summed E-state index contributed by atoms with van der Waals surface area (Å²) in [5.74, 6) is 1.23. The fourth-order valence-corrected chi connectivity index (χ4v) is 6.42. The van der Waals surface area contributed by atoms with Crippen LogP contribution in [0.1, 0.15) is 58.8 Å². The molecule has 126 valence electrons. The fraction of sp³-hybridized carbons (Fsp3) is 0.800. The average Bonchev–Trinajstić information content (AvgIpc) is 2.78. The van der Waals surface area contributed by atoms with Crippen molar-refractivity contribution in [1.82, 2.24) is 0 Å². The molecule has 0 aromatic carbocycles. The lowest BCUT2D eigenvalue weighted by Gasteiger charge is -2.56. The van der Waals surface area contributed by atoms with Gasteiger partial charge in [0.2, 0.25) is 5.78 Å². The van der Waals surface area contributed by atoms with E-state index in [1.165, 1.54) is 6.42 Å². The first-order chi connectivity index (χ1) is 10.9. The van der Waals surface area contributed by atoms with Crippen molar-refractivity contribution in [3.63, 3.8) is 0 Å². The van der Waals surface area contributed by atoms with Crippen molar-refractivity contribution in [3.8, 4) is 0 Å². The lowest BCUT2D eigenvalue weighted by molar-refractivity contribution is -0.140. The number of carbonyl (C=O) groups excluding carboxylic acids is 2. The van der Waals surface area contributed by atoms with Gasteiger partial charge in [0.25, 0.3) is 0 Å². The van der Waals surface area contributed by atoms with Crippen LogP contribution in [0, 0.1) is 28.6 Å². The van der Waals surface area contributed by atoms with Gasteiger partial charge in [-0.2, -0.15) is 0 Å². The molecule has 0 saturated heterocycles. The van der Waals surface area contributed by atoms with E-state index in [0.29, 0.717) is 24.4 Å². The van der Waals surface area contributed by atoms with Gasteiger partial charge in [0.05, 0.1) is 6.10 Å². The van der Waals surface area contributed by atoms with Crippen molar-refractivity contribution in [2.24, 2.45) is 28.6 Å². The topological polar surface area (TPSA) is 43.4 Å². The standard InChI is InChI=1S/C20H28O3/c1-19-8-6-13(23-3)10-12(19)4-5-14-15(19)7-9-20(2)16(14)11-17(21)18(20)22/h4,13-16H,5-11H2,1-3H3. The summed E-state index contributed by atoms with van der Waals surface area (Å²) in [5.41, 5.74) is 1.47. The Kier molecular flexibility index (Phi) is 3.39. The summed E-state index contributed by atoms with van der Waals surface area (Å²) in [6, 6.07) is 0. The predicted molar refractivity (Wildman–Crippen MR) is 87.9 cm³/mol. The number of methoxy groups -OCH3 is 1. The number of carbonyl (C=O) groups is 2. The molecule has 0 spiro atoms. The molecule has 4 aliphatic rings. The van der Waals surface area contributed by atoms with Crippen molar-refractivity contribution >= 4 is 11.6 Å². The maximum absolute atomic E-state index is 12.4. The summed E-state index contributed by atoms with van der Waals surface area (Å²) in [4.78, 5) is 24.5. The Hall–Kier alpha value is -0.960. The third-order valence-electron chi connectivity index (χ3n) is 7.96. The van der Waals surface area contributed by atoms with Crippen molar-refractivity contribution in [2.75, 3.05) is 7.11 Å². The van der Waals surface area contributed by atoms with E-state index in [4.69, 9.17) is 4.74 Å². The van der Waals surface area contributed by atoms with Crippen LogP contribution in [-0.2, 0) is 14.3 Å². The molecule has 6 atom stereocenters. The zero-order valence-electron chi connectivity index (χ0n) is 14.6. The summed E-state index contributed by atoms with van der Waals surface area (Å²) >= 11 is 0. The Labute approximate surface area is 138 Å². The van der Waals surface area contributed by atoms with Gasteiger partial charge in [-0.1, -0.05) is 25.5 Å². The lowest BCUT2D eigenvalue weighted by atomic mass is 9.48. The summed E-state index contributed by atoms with van der Waals surface area (Å²) < 4.78 is 5.60. The minimum atomic E-state index is -0.371. The number of ether oxygens (including phenoxy) is 1. The molecule has 0 heterocycles. The number of fused-ring (bicyclic) bond motifs is 5. The van der Waals surface area contributed by atoms with Crippen LogP contribution in [0.5, 0.6) is 0 Å². The van der Waals surface area contributed by atoms with Crippen LogP contribution >= 0.6 is 0 Å². The molecule has 23 heavy (non-hydrogen) atoms. The second-order valence-electron chi connectivity index (χ2n) is 8.77. The van der Waals surface area contributed by atoms with Crippen LogP contribution in [0.2, 0.25) is 0 Å². The minimum Gasteiger partial charge on any atom is -0.381 e. The molecule has 0 amide bonds. The zero-order valence-corrected chi connectivity index (χ0v) is 14.6. The van der Waals surface area contributed by atoms with Crippen molar-refractivity contribution in [2.45, 2.75) is 64.9 Å². The maximum Gasteiger partial charge on any atom is 0.204 e. The van der Waals surface area contributed by atoms with Crippen LogP contribution in [0.4, 0.5) is 0 Å². The predicted octanol–water partition coefficient (Wildman–Crippen LogP) is 3.71. The third-order valence-corrected chi connectivity index (χ3v) is 7.96. The van der Waals surface area contributed by atoms with Crippen molar-refractivity contribution < 1.29 is 14.3 Å². The smallest absolute Gasteiger partial charge is 0.204 e. The number of ketones is 2. The van der Waals surface area contributed by atoms with E-state index in [1.54, 1.807) is 5.57 Å². The Balaban J connectivity index is 1.68. The molecule has 3 saturated carbocycles. The highest BCUT2D eigenvalue weighted by molar-refractivity contribution is 6.41. The van der Waals surface area contributed by atoms with Crippen LogP contribution in [0.3, 0.4) is 0 Å². The first-order valence-corrected chi connectivity index (χ1v) is 9.20. The van der Waals surface area contributed by atoms with E-state index in [9.17, 15) is 9.59 Å². The third kappa shape index (κ3) is 1.98. The second kappa shape index (κ2) is 5.02. The summed E-state index contributed by atoms with van der Waals surface area (Å²) in [5, 5.41) is 0. The van der Waals surface area contributed by atoms with Gasteiger partial charge < -0.3 is 4.74 Å². The fourth-order valence-electron chi connectivity index (χ4n) is 6.42. The number of allylic oxidation sites excluding steroid dienone is 1. The average molecular weight is 316 g/mol. The van der Waals surface area contributed by atoms with Gasteiger partial charge in [-0.3, -0.25) is 9.59 Å². The first kappa shape index (κ1) is 15.6. The molecule has 3 heteroatoms. The Morgan fingerprint density at radius 2 is 1.78 bits per heavy atom. The molecule has 4 aliphatic carbocycles. The molecule has 3 nitrogen and oxygen atoms in total. The number of hydrogen-bond donors (Lipinski definition) is 0. The first-order valence-electron chi connectivity index (χ1n) is 9.20. The highest BCUT2D eigenvalue weighted by Gasteiger charge is 2.61. The SMILES string of the molecule is COC1CCC2(C)C(=CCC3C4CC(=O)C(=O)C4(C)CCC32)C1. The van der Waals surface area contributed by atoms with E-state index in [-0.39, 0.29) is 28.3 Å². The van der Waals surface area contributed by atoms with Crippen molar-refractivity contribution in [1.29, 1.82) is 0 Å². The molecule has 3 fully saturated rings. The Morgan fingerprint density at radius 3 is 2.52 bits per heavy atom. The molecule has 4 rings (SSSR count). The highest BCUT2D eigenvalue weighted by atomic mass is 16.5. The van der Waals surface area contributed by atoms with Gasteiger partial charge in [-0.25, -0.2) is 0 Å². The van der Waals surface area contributed by atoms with Gasteiger partial charge in [-0.05, 0) is 61.7 Å². The van der Waals surface area contributed by atoms with Gasteiger partial charge in [-0.15, -0.1) is 0 Å². The van der Waals surface area contributed by atoms with Crippen LogP contribution in [0.25, 0.3) is 0 Å². The van der Waals surface area contributed by atoms with Gasteiger partial charge in [0.15, 0.2) is 5.78 Å². The van der Waals surface area contributed by atoms with Crippen LogP contribution < -0.4 is 0 Å². The summed E-state index contributed by atoms with van der Waals surface area (Å²) in [7, 11) is 1.82. The van der Waals surface area contributed by atoms with Gasteiger partial charge in [0, 0.05) is 18.9 Å². The molecule has 0 N–H and O–H groups in total. The molecule has 0 radical (unpaired) electrons. The summed E-state index contributed by atoms with van der Waals surface area (Å²) in [6.45, 7) is 4.49. The molecule has 0 aliphatic heterocycles. The number of rotatable bonds is 1. The van der Waals surface area contributed by atoms with Gasteiger partial charge >= 0.3 is 0 Å². The second-order valence-corrected chi connectivity index (χ2v) is 8.77. The molecular formula is C20H28O3. The Bertz CT molecular complexity index is 592. The van der Waals surface area contributed by atoms with Crippen LogP contribution in [-0.4, -0.2) is 24.8 Å². The summed E-state index contributed by atoms with van der Waals surface area (Å²) in [6.07, 6.45) is 9.73. The quantitative estimate of drug-likeness (QED) is 0.547. The number of hydrogen-bond acceptors (Lipinski definition) is 3. The molecule has 0 bridgehead atoms. The molecule has 0 aromatic heterocycles. The zero-order chi connectivity index (χ0) is 16.4. The molecular weight excluding hydrogens is 288 g/mol. The van der Waals surface area contributed by atoms with Crippen molar-refractivity contribution in [3.05, 3.63) is 11.6 Å². The maximum atomic E-state index is 12.4. The number of Topliss-reactive ketones (excluding diaryl/α,β-unsaturated/α-hetero) is 2. The van der Waals surface area contributed by atoms with Crippen LogP contribution in [0.15, 0.2) is 11.6 Å². The van der Waals surface area contributed by atoms with E-state index in [2.05, 4.69) is 19.9 Å². The lowest BCUT2D eigenvalue weighted by Crippen LogP contribution is -2.50.